The summed E-state index contributed by atoms with van der Waals surface area (Å²) in [6.07, 6.45) is 0.416. The molecule has 10 nitrogen and oxygen atoms in total. The fraction of sp³-hybridized carbons (Fsp3) is 0.200. The maximum absolute atomic E-state index is 12.4. The third kappa shape index (κ3) is 6.39. The second kappa shape index (κ2) is 9.94. The zero-order chi connectivity index (χ0) is 23.3. The van der Waals surface area contributed by atoms with Crippen molar-refractivity contribution < 1.29 is 22.8 Å². The number of hydrogen-bond acceptors (Lipinski definition) is 7. The Kier molecular flexibility index (Phi) is 7.28. The molecule has 0 fully saturated rings. The van der Waals surface area contributed by atoms with Crippen LogP contribution in [0.4, 0.5) is 5.69 Å². The van der Waals surface area contributed by atoms with E-state index in [0.717, 1.165) is 17.3 Å². The number of nitrogens with zero attached hydrogens (tertiary/aromatic N) is 1. The number of carbonyl (C=O) groups is 3. The number of thioether (sulfide) groups is 1. The van der Waals surface area contributed by atoms with Crippen LogP contribution in [-0.4, -0.2) is 43.1 Å². The lowest BCUT2D eigenvalue weighted by Gasteiger charge is -2.10. The summed E-state index contributed by atoms with van der Waals surface area (Å²) in [4.78, 5) is 39.9. The van der Waals surface area contributed by atoms with E-state index in [4.69, 9.17) is 10.9 Å². The second-order valence-corrected chi connectivity index (χ2v) is 9.71. The molecule has 3 amide bonds. The number of carbonyl (C=O) groups excluding carboxylic acids is 3. The van der Waals surface area contributed by atoms with E-state index >= 15 is 0 Å². The largest absolute Gasteiger partial charge is 0.378 e. The first-order valence-corrected chi connectivity index (χ1v) is 11.9. The van der Waals surface area contributed by atoms with Gasteiger partial charge in [0.15, 0.2) is 5.17 Å². The molecule has 0 unspecified atom stereocenters. The molecule has 1 aliphatic rings. The second-order valence-electron chi connectivity index (χ2n) is 6.92. The van der Waals surface area contributed by atoms with Gasteiger partial charge >= 0.3 is 0 Å². The Labute approximate surface area is 188 Å². The van der Waals surface area contributed by atoms with E-state index in [0.29, 0.717) is 24.2 Å². The van der Waals surface area contributed by atoms with Gasteiger partial charge in [-0.2, -0.15) is 4.99 Å². The molecule has 1 atom stereocenters. The highest BCUT2D eigenvalue weighted by atomic mass is 32.2. The first-order valence-electron chi connectivity index (χ1n) is 9.46. The van der Waals surface area contributed by atoms with Crippen molar-refractivity contribution in [2.45, 2.75) is 23.0 Å². The predicted octanol–water partition coefficient (Wildman–Crippen LogP) is 0.592. The lowest BCUT2D eigenvalue weighted by molar-refractivity contribution is -0.121. The zero-order valence-corrected chi connectivity index (χ0v) is 18.4. The minimum atomic E-state index is -3.74. The van der Waals surface area contributed by atoms with Gasteiger partial charge < -0.3 is 16.4 Å². The molecule has 0 aromatic heterocycles. The summed E-state index contributed by atoms with van der Waals surface area (Å²) in [5.41, 5.74) is 7.10. The number of anilines is 1. The van der Waals surface area contributed by atoms with Gasteiger partial charge in [0.2, 0.25) is 15.9 Å². The van der Waals surface area contributed by atoms with Crippen LogP contribution in [0.15, 0.2) is 58.4 Å². The quantitative estimate of drug-likeness (QED) is 0.432. The van der Waals surface area contributed by atoms with Crippen molar-refractivity contribution in [2.24, 2.45) is 15.9 Å². The fourth-order valence-corrected chi connectivity index (χ4v) is 4.26. The third-order valence-electron chi connectivity index (χ3n) is 4.49. The topological polar surface area (TPSA) is 174 Å². The van der Waals surface area contributed by atoms with Gasteiger partial charge in [0.05, 0.1) is 4.90 Å². The minimum absolute atomic E-state index is 0.0241. The Hall–Kier alpha value is -3.22. The zero-order valence-electron chi connectivity index (χ0n) is 16.8. The number of primary sulfonamides is 1. The number of sulfonamides is 1. The summed E-state index contributed by atoms with van der Waals surface area (Å²) in [5.74, 6) is -1.15. The molecule has 2 aromatic rings. The lowest BCUT2D eigenvalue weighted by Crippen LogP contribution is -2.26. The summed E-state index contributed by atoms with van der Waals surface area (Å²) >= 11 is 1.05. The van der Waals surface area contributed by atoms with Gasteiger partial charge in [-0.05, 0) is 42.3 Å². The van der Waals surface area contributed by atoms with Crippen LogP contribution in [-0.2, 0) is 26.0 Å². The average Bonchev–Trinajstić information content (AvgIpc) is 3.04. The molecule has 3 rings (SSSR count). The van der Waals surface area contributed by atoms with Crippen LogP contribution in [0.2, 0.25) is 0 Å². The Bertz CT molecular complexity index is 1180. The molecule has 0 spiro atoms. The Morgan fingerprint density at radius 3 is 2.47 bits per heavy atom. The molecule has 0 saturated heterocycles. The molecule has 12 heteroatoms. The van der Waals surface area contributed by atoms with Crippen LogP contribution in [0.1, 0.15) is 22.3 Å². The molecule has 1 heterocycles. The van der Waals surface area contributed by atoms with Crippen molar-refractivity contribution in [2.75, 3.05) is 11.9 Å². The van der Waals surface area contributed by atoms with Crippen molar-refractivity contribution in [3.63, 3.8) is 0 Å². The average molecular weight is 476 g/mol. The molecule has 32 heavy (non-hydrogen) atoms. The van der Waals surface area contributed by atoms with Crippen LogP contribution in [0.3, 0.4) is 0 Å². The molecule has 1 aliphatic heterocycles. The number of nitrogens with one attached hydrogen (secondary N) is 2. The van der Waals surface area contributed by atoms with Crippen molar-refractivity contribution in [1.82, 2.24) is 5.32 Å². The van der Waals surface area contributed by atoms with Gasteiger partial charge in [0, 0.05) is 24.2 Å². The highest BCUT2D eigenvalue weighted by molar-refractivity contribution is 8.15. The van der Waals surface area contributed by atoms with E-state index in [1.165, 1.54) is 18.2 Å². The molecular weight excluding hydrogens is 454 g/mol. The van der Waals surface area contributed by atoms with Crippen LogP contribution < -0.4 is 21.5 Å². The fourth-order valence-electron chi connectivity index (χ4n) is 2.92. The molecule has 0 radical (unpaired) electrons. The van der Waals surface area contributed by atoms with Crippen molar-refractivity contribution in [1.29, 1.82) is 0 Å². The van der Waals surface area contributed by atoms with Crippen molar-refractivity contribution >= 4 is 50.4 Å². The third-order valence-corrected chi connectivity index (χ3v) is 6.40. The van der Waals surface area contributed by atoms with Crippen molar-refractivity contribution in [3.05, 3.63) is 59.7 Å². The molecular formula is C20H21N5O5S2. The van der Waals surface area contributed by atoms with Gasteiger partial charge in [-0.25, -0.2) is 13.6 Å². The summed E-state index contributed by atoms with van der Waals surface area (Å²) in [6.45, 7) is 0.326. The first-order chi connectivity index (χ1) is 15.1. The van der Waals surface area contributed by atoms with E-state index in [2.05, 4.69) is 15.6 Å². The standard InChI is InChI=1S/C20H21N5O5S2/c21-20-25-19(28)16(31-20)11-17(26)24-14-3-1-2-13(10-14)18(27)23-9-8-12-4-6-15(7-5-12)32(22,29)30/h1-7,10,16H,8-9,11H2,(H,23,27)(H,24,26)(H2,21,25,28)(H2,22,29,30)/t16-/m0/s1. The molecule has 168 valence electrons. The van der Waals surface area contributed by atoms with Gasteiger partial charge in [0.1, 0.15) is 5.25 Å². The van der Waals surface area contributed by atoms with Crippen LogP contribution in [0.5, 0.6) is 0 Å². The molecule has 6 N–H and O–H groups in total. The molecule has 0 aliphatic carbocycles. The van der Waals surface area contributed by atoms with E-state index < -0.39 is 21.2 Å². The van der Waals surface area contributed by atoms with Crippen LogP contribution >= 0.6 is 11.8 Å². The highest BCUT2D eigenvalue weighted by Gasteiger charge is 2.29. The monoisotopic (exact) mass is 475 g/mol. The minimum Gasteiger partial charge on any atom is -0.378 e. The summed E-state index contributed by atoms with van der Waals surface area (Å²) in [5, 5.41) is 10.0. The SMILES string of the molecule is NC1=NC(=O)[C@H](CC(=O)Nc2cccc(C(=O)NCCc3ccc(S(N)(=O)=O)cc3)c2)S1. The van der Waals surface area contributed by atoms with Gasteiger partial charge in [0.25, 0.3) is 11.8 Å². The maximum Gasteiger partial charge on any atom is 0.262 e. The van der Waals surface area contributed by atoms with E-state index in [1.807, 2.05) is 0 Å². The summed E-state index contributed by atoms with van der Waals surface area (Å²) < 4.78 is 22.6. The van der Waals surface area contributed by atoms with Gasteiger partial charge in [-0.3, -0.25) is 14.4 Å². The number of aliphatic imine (C=N–C) groups is 1. The Morgan fingerprint density at radius 2 is 1.84 bits per heavy atom. The van der Waals surface area contributed by atoms with Crippen LogP contribution in [0, 0.1) is 0 Å². The number of hydrogen-bond donors (Lipinski definition) is 4. The number of amides is 3. The number of rotatable bonds is 8. The first kappa shape index (κ1) is 23.4. The number of nitrogens with two attached hydrogens (primary N) is 2. The number of benzene rings is 2. The Balaban J connectivity index is 1.50. The van der Waals surface area contributed by atoms with E-state index in [-0.39, 0.29) is 28.3 Å². The van der Waals surface area contributed by atoms with E-state index in [1.54, 1.807) is 30.3 Å². The molecule has 0 saturated carbocycles. The lowest BCUT2D eigenvalue weighted by atomic mass is 10.1. The maximum atomic E-state index is 12.4. The van der Waals surface area contributed by atoms with E-state index in [9.17, 15) is 22.8 Å². The normalized spacial score (nSPS) is 15.8. The number of amidine groups is 1. The predicted molar refractivity (Wildman–Crippen MR) is 122 cm³/mol. The highest BCUT2D eigenvalue weighted by Crippen LogP contribution is 2.23. The molecule has 2 aromatic carbocycles. The van der Waals surface area contributed by atoms with Gasteiger partial charge in [-0.1, -0.05) is 30.0 Å². The summed E-state index contributed by atoms with van der Waals surface area (Å²) in [6, 6.07) is 12.5. The van der Waals surface area contributed by atoms with Crippen molar-refractivity contribution in [3.8, 4) is 0 Å². The Morgan fingerprint density at radius 1 is 1.12 bits per heavy atom. The smallest absolute Gasteiger partial charge is 0.262 e. The van der Waals surface area contributed by atoms with Crippen LogP contribution in [0.25, 0.3) is 0 Å². The molecule has 0 bridgehead atoms. The summed E-state index contributed by atoms with van der Waals surface area (Å²) in [7, 11) is -3.74. The van der Waals surface area contributed by atoms with Gasteiger partial charge in [-0.15, -0.1) is 0 Å².